The molecule has 2 N–H and O–H groups in total. The Morgan fingerprint density at radius 2 is 2.00 bits per heavy atom. The summed E-state index contributed by atoms with van der Waals surface area (Å²) in [6, 6.07) is 9.47. The number of hydrogen-bond acceptors (Lipinski definition) is 6. The van der Waals surface area contributed by atoms with Gasteiger partial charge in [0.1, 0.15) is 6.54 Å². The Morgan fingerprint density at radius 3 is 2.67 bits per heavy atom. The Hall–Kier alpha value is -1.81. The molecule has 1 aromatic heterocycles. The monoisotopic (exact) mass is 376 g/mol. The fourth-order valence-corrected chi connectivity index (χ4v) is 3.55. The van der Waals surface area contributed by atoms with Crippen LogP contribution in [0.3, 0.4) is 0 Å². The van der Waals surface area contributed by atoms with Crippen LogP contribution in [-0.2, 0) is 11.3 Å². The first-order valence-electron chi connectivity index (χ1n) is 6.96. The van der Waals surface area contributed by atoms with Crippen molar-refractivity contribution in [2.24, 2.45) is 0 Å². The van der Waals surface area contributed by atoms with E-state index in [9.17, 15) is 18.0 Å². The van der Waals surface area contributed by atoms with Gasteiger partial charge < -0.3 is 10.6 Å². The Balaban J connectivity index is 1.80. The van der Waals surface area contributed by atoms with Crippen LogP contribution in [0.25, 0.3) is 0 Å². The highest BCUT2D eigenvalue weighted by molar-refractivity contribution is 8.02. The molecular weight excluding hydrogens is 361 g/mol. The van der Waals surface area contributed by atoms with Crippen LogP contribution in [-0.4, -0.2) is 34.1 Å². The number of thioether (sulfide) groups is 1. The summed E-state index contributed by atoms with van der Waals surface area (Å²) < 4.78 is 36.8. The van der Waals surface area contributed by atoms with Crippen LogP contribution in [0, 0.1) is 0 Å². The maximum atomic E-state index is 12.1. The number of anilines is 1. The van der Waals surface area contributed by atoms with Crippen LogP contribution in [0.15, 0.2) is 34.7 Å². The van der Waals surface area contributed by atoms with Crippen molar-refractivity contribution in [3.63, 3.8) is 0 Å². The molecule has 0 spiro atoms. The second-order valence-electron chi connectivity index (χ2n) is 4.81. The van der Waals surface area contributed by atoms with Crippen LogP contribution in [0.4, 0.5) is 18.3 Å². The van der Waals surface area contributed by atoms with E-state index in [4.69, 9.17) is 0 Å². The highest BCUT2D eigenvalue weighted by Gasteiger charge is 2.27. The van der Waals surface area contributed by atoms with E-state index in [1.165, 1.54) is 0 Å². The van der Waals surface area contributed by atoms with Crippen molar-refractivity contribution in [3.8, 4) is 0 Å². The number of carbonyl (C=O) groups excluding carboxylic acids is 1. The summed E-state index contributed by atoms with van der Waals surface area (Å²) in [6.45, 7) is 0.952. The van der Waals surface area contributed by atoms with Gasteiger partial charge in [0.15, 0.2) is 4.34 Å². The SMILES string of the molecule is CC(Sc1nnc(NCC(F)(F)F)s1)C(=O)NCc1ccccc1. The maximum absolute atomic E-state index is 12.1. The standard InChI is InChI=1S/C14H15F3N4OS2/c1-9(11(22)18-7-10-5-3-2-4-6-10)23-13-21-20-12(24-13)19-8-14(15,16)17/h2-6,9H,7-8H2,1H3,(H,18,22)(H,19,20). The molecule has 0 saturated heterocycles. The van der Waals surface area contributed by atoms with E-state index in [1.807, 2.05) is 30.3 Å². The molecule has 2 rings (SSSR count). The lowest BCUT2D eigenvalue weighted by Crippen LogP contribution is -2.30. The van der Waals surface area contributed by atoms with Crippen molar-refractivity contribution in [1.29, 1.82) is 0 Å². The lowest BCUT2D eigenvalue weighted by atomic mass is 10.2. The van der Waals surface area contributed by atoms with Crippen molar-refractivity contribution in [1.82, 2.24) is 15.5 Å². The molecule has 0 aliphatic carbocycles. The summed E-state index contributed by atoms with van der Waals surface area (Å²) in [5.41, 5.74) is 0.984. The summed E-state index contributed by atoms with van der Waals surface area (Å²) in [4.78, 5) is 12.0. The molecule has 1 amide bonds. The lowest BCUT2D eigenvalue weighted by molar-refractivity contribution is -0.120. The summed E-state index contributed by atoms with van der Waals surface area (Å²) >= 11 is 2.14. The maximum Gasteiger partial charge on any atom is 0.405 e. The summed E-state index contributed by atoms with van der Waals surface area (Å²) in [5.74, 6) is -0.177. The number of carbonyl (C=O) groups is 1. The van der Waals surface area contributed by atoms with Gasteiger partial charge in [0.05, 0.1) is 5.25 Å². The van der Waals surface area contributed by atoms with Gasteiger partial charge in [0.25, 0.3) is 0 Å². The summed E-state index contributed by atoms with van der Waals surface area (Å²) in [7, 11) is 0. The van der Waals surface area contributed by atoms with Crippen molar-refractivity contribution >= 4 is 34.1 Å². The Labute approximate surface area is 145 Å². The van der Waals surface area contributed by atoms with Gasteiger partial charge in [0, 0.05) is 6.54 Å². The zero-order chi connectivity index (χ0) is 17.6. The minimum Gasteiger partial charge on any atom is -0.351 e. The number of alkyl halides is 3. The highest BCUT2D eigenvalue weighted by atomic mass is 32.2. The van der Waals surface area contributed by atoms with Crippen LogP contribution in [0.2, 0.25) is 0 Å². The molecule has 0 aliphatic heterocycles. The molecule has 0 fully saturated rings. The average molecular weight is 376 g/mol. The Kier molecular flexibility index (Phi) is 6.44. The normalized spacial score (nSPS) is 12.7. The van der Waals surface area contributed by atoms with Gasteiger partial charge in [-0.1, -0.05) is 53.4 Å². The van der Waals surface area contributed by atoms with E-state index in [2.05, 4.69) is 20.8 Å². The smallest absolute Gasteiger partial charge is 0.351 e. The van der Waals surface area contributed by atoms with Crippen LogP contribution in [0.1, 0.15) is 12.5 Å². The molecule has 5 nitrogen and oxygen atoms in total. The van der Waals surface area contributed by atoms with E-state index >= 15 is 0 Å². The van der Waals surface area contributed by atoms with Crippen molar-refractivity contribution in [2.75, 3.05) is 11.9 Å². The number of amides is 1. The Bertz CT molecular complexity index is 664. The summed E-state index contributed by atoms with van der Waals surface area (Å²) in [6.07, 6.45) is -4.32. The average Bonchev–Trinajstić information content (AvgIpc) is 2.98. The number of nitrogens with zero attached hydrogens (tertiary/aromatic N) is 2. The van der Waals surface area contributed by atoms with Crippen molar-refractivity contribution in [3.05, 3.63) is 35.9 Å². The third-order valence-electron chi connectivity index (χ3n) is 2.80. The highest BCUT2D eigenvalue weighted by Crippen LogP contribution is 2.29. The van der Waals surface area contributed by atoms with Crippen molar-refractivity contribution in [2.45, 2.75) is 29.2 Å². The van der Waals surface area contributed by atoms with Gasteiger partial charge in [0.2, 0.25) is 11.0 Å². The molecule has 1 aromatic carbocycles. The topological polar surface area (TPSA) is 66.9 Å². The van der Waals surface area contributed by atoms with Crippen molar-refractivity contribution < 1.29 is 18.0 Å². The van der Waals surface area contributed by atoms with E-state index in [0.29, 0.717) is 10.9 Å². The third kappa shape index (κ3) is 6.36. The quantitative estimate of drug-likeness (QED) is 0.726. The van der Waals surface area contributed by atoms with Gasteiger partial charge in [-0.2, -0.15) is 13.2 Å². The molecule has 10 heteroatoms. The molecule has 24 heavy (non-hydrogen) atoms. The van der Waals surface area contributed by atoms with Gasteiger partial charge in [-0.25, -0.2) is 0 Å². The van der Waals surface area contributed by atoms with E-state index in [1.54, 1.807) is 6.92 Å². The number of hydrogen-bond donors (Lipinski definition) is 2. The molecule has 0 radical (unpaired) electrons. The molecule has 0 bridgehead atoms. The van der Waals surface area contributed by atoms with Gasteiger partial charge >= 0.3 is 6.18 Å². The zero-order valence-electron chi connectivity index (χ0n) is 12.6. The minimum absolute atomic E-state index is 0.0757. The predicted molar refractivity (Wildman–Crippen MR) is 88.1 cm³/mol. The minimum atomic E-state index is -4.32. The number of halogens is 3. The number of rotatable bonds is 7. The molecule has 0 saturated carbocycles. The van der Waals surface area contributed by atoms with Gasteiger partial charge in [-0.3, -0.25) is 4.79 Å². The van der Waals surface area contributed by atoms with E-state index < -0.39 is 18.0 Å². The Morgan fingerprint density at radius 1 is 1.29 bits per heavy atom. The summed E-state index contributed by atoms with van der Waals surface area (Å²) in [5, 5.41) is 12.0. The zero-order valence-corrected chi connectivity index (χ0v) is 14.3. The fraction of sp³-hybridized carbons (Fsp3) is 0.357. The molecular formula is C14H15F3N4OS2. The van der Waals surface area contributed by atoms with E-state index in [-0.39, 0.29) is 11.0 Å². The molecule has 1 atom stereocenters. The largest absolute Gasteiger partial charge is 0.405 e. The number of benzene rings is 1. The molecule has 2 aromatic rings. The first kappa shape index (κ1) is 18.5. The van der Waals surface area contributed by atoms with E-state index in [0.717, 1.165) is 28.7 Å². The second kappa shape index (κ2) is 8.34. The molecule has 1 unspecified atom stereocenters. The van der Waals surface area contributed by atoms with Gasteiger partial charge in [-0.05, 0) is 12.5 Å². The number of nitrogens with one attached hydrogen (secondary N) is 2. The third-order valence-corrected chi connectivity index (χ3v) is 4.87. The molecule has 1 heterocycles. The predicted octanol–water partition coefficient (Wildman–Crippen LogP) is 3.31. The first-order chi connectivity index (χ1) is 11.3. The number of aromatic nitrogens is 2. The van der Waals surface area contributed by atoms with Gasteiger partial charge in [-0.15, -0.1) is 10.2 Å². The van der Waals surface area contributed by atoms with Crippen LogP contribution < -0.4 is 10.6 Å². The van der Waals surface area contributed by atoms with Crippen LogP contribution >= 0.6 is 23.1 Å². The lowest BCUT2D eigenvalue weighted by Gasteiger charge is -2.10. The fourth-order valence-electron chi connectivity index (χ4n) is 1.64. The van der Waals surface area contributed by atoms with Crippen LogP contribution in [0.5, 0.6) is 0 Å². The first-order valence-corrected chi connectivity index (χ1v) is 8.65. The second-order valence-corrected chi connectivity index (χ2v) is 7.37. The molecule has 0 aliphatic rings. The molecule has 130 valence electrons.